The number of piperazine rings is 1. The number of likely N-dealkylation sites (tertiary alicyclic amines) is 1. The lowest BCUT2D eigenvalue weighted by Crippen LogP contribution is -2.56. The predicted octanol–water partition coefficient (Wildman–Crippen LogP) is 2.53. The number of anilines is 3. The molecule has 2 atom stereocenters. The topological polar surface area (TPSA) is 158 Å². The van der Waals surface area contributed by atoms with Crippen molar-refractivity contribution in [2.45, 2.75) is 37.6 Å². The van der Waals surface area contributed by atoms with Gasteiger partial charge < -0.3 is 34.6 Å². The van der Waals surface area contributed by atoms with Crippen LogP contribution in [0.2, 0.25) is 0 Å². The fourth-order valence-corrected chi connectivity index (χ4v) is 6.13. The summed E-state index contributed by atoms with van der Waals surface area (Å²) in [6.07, 6.45) is 2.06. The number of halogens is 1. The van der Waals surface area contributed by atoms with Crippen molar-refractivity contribution in [2.75, 3.05) is 76.4 Å². The molecule has 7 rings (SSSR count). The van der Waals surface area contributed by atoms with Gasteiger partial charge in [-0.15, -0.1) is 0 Å². The maximum absolute atomic E-state index is 14.5. The van der Waals surface area contributed by atoms with Gasteiger partial charge in [0.25, 0.3) is 0 Å². The first kappa shape index (κ1) is 33.8. The highest BCUT2D eigenvalue weighted by molar-refractivity contribution is 5.77. The largest absolute Gasteiger partial charge is 0.495 e. The third kappa shape index (κ3) is 8.33. The van der Waals surface area contributed by atoms with Gasteiger partial charge in [-0.25, -0.2) is 14.4 Å². The van der Waals surface area contributed by atoms with Crippen molar-refractivity contribution in [3.8, 4) is 29.0 Å². The Kier molecular flexibility index (Phi) is 11.0. The molecule has 15 heteroatoms. The molecule has 4 aliphatic heterocycles. The second kappa shape index (κ2) is 15.9. The second-order valence-electron chi connectivity index (χ2n) is 12.2. The number of ether oxygens (including phenoxy) is 3. The molecule has 2 N–H and O–H groups in total. The molecular formula is C34H40FN9O5. The van der Waals surface area contributed by atoms with Crippen LogP contribution in [0.1, 0.15) is 24.8 Å². The van der Waals surface area contributed by atoms with Crippen LogP contribution in [0.3, 0.4) is 0 Å². The lowest BCUT2D eigenvalue weighted by molar-refractivity contribution is -0.121. The number of nitrogens with one attached hydrogen (secondary N) is 2. The molecule has 3 aromatic rings. The van der Waals surface area contributed by atoms with Gasteiger partial charge in [-0.3, -0.25) is 14.5 Å². The van der Waals surface area contributed by atoms with Crippen molar-refractivity contribution in [2.24, 2.45) is 0 Å². The highest BCUT2D eigenvalue weighted by atomic mass is 19.1. The van der Waals surface area contributed by atoms with Gasteiger partial charge >= 0.3 is 0 Å². The molecule has 1 aromatic heterocycles. The number of alkyl halides is 1. The zero-order chi connectivity index (χ0) is 34.2. The third-order valence-corrected chi connectivity index (χ3v) is 9.00. The van der Waals surface area contributed by atoms with Crippen LogP contribution in [0.5, 0.6) is 11.5 Å². The van der Waals surface area contributed by atoms with Crippen molar-refractivity contribution in [1.82, 2.24) is 30.1 Å². The fraction of sp³-hybridized carbons (Fsp3) is 0.471. The molecule has 5 heterocycles. The van der Waals surface area contributed by atoms with E-state index in [4.69, 9.17) is 14.2 Å². The summed E-state index contributed by atoms with van der Waals surface area (Å²) in [5.74, 6) is 1.92. The maximum atomic E-state index is 14.5. The van der Waals surface area contributed by atoms with Gasteiger partial charge in [0, 0.05) is 69.4 Å². The van der Waals surface area contributed by atoms with Crippen LogP contribution in [0.15, 0.2) is 42.7 Å². The minimum absolute atomic E-state index is 0.0308. The predicted molar refractivity (Wildman–Crippen MR) is 178 cm³/mol. The zero-order valence-electron chi connectivity index (χ0n) is 27.4. The maximum Gasteiger partial charge on any atom is 0.230 e. The summed E-state index contributed by atoms with van der Waals surface area (Å²) >= 11 is 0. The zero-order valence-corrected chi connectivity index (χ0v) is 27.4. The molecule has 4 aliphatic rings. The Morgan fingerprint density at radius 2 is 1.94 bits per heavy atom. The first-order chi connectivity index (χ1) is 23.9. The lowest BCUT2D eigenvalue weighted by atomic mass is 10.1. The molecule has 0 bridgehead atoms. The summed E-state index contributed by atoms with van der Waals surface area (Å²) in [6, 6.07) is 13.5. The molecule has 0 spiro atoms. The average Bonchev–Trinajstić information content (AvgIpc) is 3.60. The number of carbonyl (C=O) groups is 2. The summed E-state index contributed by atoms with van der Waals surface area (Å²) in [6.45, 7) is 6.72. The molecule has 14 nitrogen and oxygen atoms in total. The number of amides is 2. The van der Waals surface area contributed by atoms with Crippen LogP contribution in [0.25, 0.3) is 11.4 Å². The smallest absolute Gasteiger partial charge is 0.230 e. The fourth-order valence-electron chi connectivity index (χ4n) is 6.13. The number of hydrogen-bond donors (Lipinski definition) is 2. The quantitative estimate of drug-likeness (QED) is 0.321. The van der Waals surface area contributed by atoms with Crippen LogP contribution in [0.4, 0.5) is 21.7 Å². The van der Waals surface area contributed by atoms with E-state index in [0.29, 0.717) is 42.8 Å². The Balaban J connectivity index is 0.000000628. The normalized spacial score (nSPS) is 21.0. The molecule has 0 saturated carbocycles. The van der Waals surface area contributed by atoms with Gasteiger partial charge in [0.1, 0.15) is 30.0 Å². The molecule has 0 radical (unpaired) electrons. The van der Waals surface area contributed by atoms with Crippen molar-refractivity contribution >= 4 is 29.6 Å². The summed E-state index contributed by atoms with van der Waals surface area (Å²) < 4.78 is 31.5. The monoisotopic (exact) mass is 673 g/mol. The van der Waals surface area contributed by atoms with Crippen LogP contribution < -0.4 is 25.0 Å². The van der Waals surface area contributed by atoms with E-state index in [1.807, 2.05) is 18.2 Å². The molecule has 4 fully saturated rings. The number of nitrogens with zero attached hydrogens (tertiary/aromatic N) is 7. The van der Waals surface area contributed by atoms with Crippen molar-refractivity contribution < 1.29 is 28.2 Å². The van der Waals surface area contributed by atoms with E-state index in [1.165, 1.54) is 11.2 Å². The number of rotatable bonds is 9. The third-order valence-electron chi connectivity index (χ3n) is 9.00. The number of benzene rings is 2. The van der Waals surface area contributed by atoms with E-state index < -0.39 is 12.3 Å². The Hall–Kier alpha value is -5.07. The highest BCUT2D eigenvalue weighted by Crippen LogP contribution is 2.34. The Morgan fingerprint density at radius 1 is 1.10 bits per heavy atom. The van der Waals surface area contributed by atoms with Crippen molar-refractivity contribution in [3.05, 3.63) is 48.3 Å². The molecular weight excluding hydrogens is 633 g/mol. The number of hydrogen-bond acceptors (Lipinski definition) is 12. The van der Waals surface area contributed by atoms with Gasteiger partial charge in [0.15, 0.2) is 12.0 Å². The van der Waals surface area contributed by atoms with Crippen LogP contribution >= 0.6 is 0 Å². The highest BCUT2D eigenvalue weighted by Gasteiger charge is 2.31. The van der Waals surface area contributed by atoms with Gasteiger partial charge in [-0.05, 0) is 36.8 Å². The summed E-state index contributed by atoms with van der Waals surface area (Å²) in [4.78, 5) is 40.4. The molecule has 258 valence electrons. The van der Waals surface area contributed by atoms with Gasteiger partial charge in [-0.1, -0.05) is 0 Å². The van der Waals surface area contributed by atoms with E-state index in [1.54, 1.807) is 25.3 Å². The minimum atomic E-state index is -1.34. The van der Waals surface area contributed by atoms with Gasteiger partial charge in [-0.2, -0.15) is 10.2 Å². The number of nitriles is 1. The SMILES string of the molecule is COc1cc(Nc2ncnc(-c3ccc(O[C@H]4CCN(C=O)C[C@H]4F)c(C#N)c3)n2)ccc1N1CCN(C2COC2)CC1.O=C1CCCN1. The molecule has 2 aromatic carbocycles. The lowest BCUT2D eigenvalue weighted by Gasteiger charge is -2.43. The molecule has 0 aliphatic carbocycles. The molecule has 49 heavy (non-hydrogen) atoms. The van der Waals surface area contributed by atoms with E-state index in [0.717, 1.165) is 75.9 Å². The average molecular weight is 674 g/mol. The van der Waals surface area contributed by atoms with Crippen LogP contribution in [0, 0.1) is 11.3 Å². The first-order valence-electron chi connectivity index (χ1n) is 16.5. The molecule has 0 unspecified atom stereocenters. The standard InChI is InChI=1S/C30H33FN8O4.C4H7NO/c1-41-28-13-22(3-4-25(28)39-10-8-38(9-11-39)23-16-42-17-23)35-30-34-18-33-29(36-30)20-2-5-26(21(12-20)14-32)43-27-6-7-37(19-40)15-24(27)31;6-4-2-1-3-5-4/h2-5,12-13,18-19,23-24,27H,6-11,15-17H2,1H3,(H,33,34,35,36);1-3H2,(H,5,6)/t24-,27+;/m1./s1. The Bertz CT molecular complexity index is 1650. The van der Waals surface area contributed by atoms with E-state index in [-0.39, 0.29) is 23.8 Å². The number of carbonyl (C=O) groups excluding carboxylic acids is 2. The summed E-state index contributed by atoms with van der Waals surface area (Å²) in [5, 5.41) is 15.7. The Labute approximate surface area is 284 Å². The van der Waals surface area contributed by atoms with E-state index >= 15 is 0 Å². The Morgan fingerprint density at radius 3 is 2.57 bits per heavy atom. The summed E-state index contributed by atoms with van der Waals surface area (Å²) in [7, 11) is 1.66. The first-order valence-corrected chi connectivity index (χ1v) is 16.5. The van der Waals surface area contributed by atoms with E-state index in [9.17, 15) is 19.2 Å². The van der Waals surface area contributed by atoms with Crippen molar-refractivity contribution in [3.63, 3.8) is 0 Å². The summed E-state index contributed by atoms with van der Waals surface area (Å²) in [5.41, 5.74) is 2.61. The number of aromatic nitrogens is 3. The van der Waals surface area contributed by atoms with Crippen molar-refractivity contribution in [1.29, 1.82) is 5.26 Å². The number of piperidine rings is 1. The van der Waals surface area contributed by atoms with Crippen LogP contribution in [-0.2, 0) is 14.3 Å². The molecule has 2 amide bonds. The van der Waals surface area contributed by atoms with Gasteiger partial charge in [0.05, 0.1) is 44.2 Å². The van der Waals surface area contributed by atoms with Gasteiger partial charge in [0.2, 0.25) is 18.3 Å². The second-order valence-corrected chi connectivity index (χ2v) is 12.2. The molecule has 4 saturated heterocycles. The minimum Gasteiger partial charge on any atom is -0.495 e. The van der Waals surface area contributed by atoms with Crippen LogP contribution in [-0.4, -0.2) is 122 Å². The van der Waals surface area contributed by atoms with E-state index in [2.05, 4.69) is 41.5 Å². The number of methoxy groups -OCH3 is 1.